The highest BCUT2D eigenvalue weighted by molar-refractivity contribution is 7.84. The van der Waals surface area contributed by atoms with E-state index in [1.54, 1.807) is 0 Å². The summed E-state index contributed by atoms with van der Waals surface area (Å²) in [5.41, 5.74) is 0. The molecule has 0 aromatic carbocycles. The van der Waals surface area contributed by atoms with Crippen molar-refractivity contribution >= 4 is 10.3 Å². The third kappa shape index (κ3) is 7.73. The number of hydrogen-bond donors (Lipinski definition) is 1. The normalized spacial score (nSPS) is 12.4. The van der Waals surface area contributed by atoms with Crippen LogP contribution in [0.3, 0.4) is 0 Å². The summed E-state index contributed by atoms with van der Waals surface area (Å²) in [5, 5.41) is 4.20. The quantitative estimate of drug-likeness (QED) is 0.605. The highest BCUT2D eigenvalue weighted by atomic mass is 32.2. The first-order valence-corrected chi connectivity index (χ1v) is 3.34. The number of alkyl halides is 2. The molecule has 0 radical (unpaired) electrons. The van der Waals surface area contributed by atoms with Crippen LogP contribution in [0.2, 0.25) is 0 Å². The van der Waals surface area contributed by atoms with Crippen molar-refractivity contribution in [2.45, 2.75) is 6.43 Å². The van der Waals surface area contributed by atoms with Gasteiger partial charge in [0.25, 0.3) is 6.43 Å². The van der Waals surface area contributed by atoms with E-state index in [9.17, 15) is 17.2 Å². The minimum Gasteiger partial charge on any atom is -0.252 e. The highest BCUT2D eigenvalue weighted by Gasteiger charge is 2.08. The van der Waals surface area contributed by atoms with Gasteiger partial charge in [-0.25, -0.2) is 13.9 Å². The average molecular weight is 161 g/mol. The van der Waals surface area contributed by atoms with E-state index in [2.05, 4.69) is 9.32 Å². The molecular formula is C2H5F2NO3S. The maximum absolute atomic E-state index is 11.1. The van der Waals surface area contributed by atoms with Gasteiger partial charge in [-0.3, -0.25) is 4.18 Å². The molecule has 0 unspecified atom stereocenters. The molecule has 0 amide bonds. The molecule has 0 aromatic rings. The minimum absolute atomic E-state index is 1.18. The third-order valence-electron chi connectivity index (χ3n) is 0.358. The fourth-order valence-corrected chi connectivity index (χ4v) is 0.439. The molecule has 0 fully saturated rings. The molecule has 2 N–H and O–H groups in total. The van der Waals surface area contributed by atoms with E-state index in [0.717, 1.165) is 0 Å². The van der Waals surface area contributed by atoms with E-state index in [4.69, 9.17) is 0 Å². The Morgan fingerprint density at radius 2 is 2.00 bits per heavy atom. The van der Waals surface area contributed by atoms with Gasteiger partial charge in [0.2, 0.25) is 0 Å². The van der Waals surface area contributed by atoms with Gasteiger partial charge in [-0.15, -0.1) is 0 Å². The lowest BCUT2D eigenvalue weighted by molar-refractivity contribution is 0.0848. The Morgan fingerprint density at radius 3 is 2.11 bits per heavy atom. The SMILES string of the molecule is NS(=O)(=O)OCC(F)F. The Bertz CT molecular complexity index is 165. The Labute approximate surface area is 50.9 Å². The highest BCUT2D eigenvalue weighted by Crippen LogP contribution is 1.93. The monoisotopic (exact) mass is 161 g/mol. The second-order valence-corrected chi connectivity index (χ2v) is 2.39. The molecule has 0 heterocycles. The van der Waals surface area contributed by atoms with Crippen LogP contribution in [0.15, 0.2) is 0 Å². The first-order valence-electron chi connectivity index (χ1n) is 1.87. The molecule has 0 aromatic heterocycles. The summed E-state index contributed by atoms with van der Waals surface area (Å²) in [5.74, 6) is 0. The van der Waals surface area contributed by atoms with Crippen molar-refractivity contribution < 1.29 is 21.4 Å². The van der Waals surface area contributed by atoms with Gasteiger partial charge in [0.1, 0.15) is 6.61 Å². The van der Waals surface area contributed by atoms with Gasteiger partial charge in [-0.1, -0.05) is 0 Å². The van der Waals surface area contributed by atoms with Gasteiger partial charge < -0.3 is 0 Å². The molecule has 7 heteroatoms. The molecule has 0 saturated carbocycles. The third-order valence-corrected chi connectivity index (χ3v) is 0.823. The van der Waals surface area contributed by atoms with Gasteiger partial charge in [-0.05, 0) is 0 Å². The van der Waals surface area contributed by atoms with Gasteiger partial charge in [0.05, 0.1) is 0 Å². The Hall–Kier alpha value is -0.270. The van der Waals surface area contributed by atoms with E-state index < -0.39 is 23.3 Å². The molecule has 9 heavy (non-hydrogen) atoms. The van der Waals surface area contributed by atoms with Gasteiger partial charge in [-0.2, -0.15) is 8.42 Å². The lowest BCUT2D eigenvalue weighted by Gasteiger charge is -1.96. The van der Waals surface area contributed by atoms with Crippen molar-refractivity contribution in [2.75, 3.05) is 6.61 Å². The van der Waals surface area contributed by atoms with Crippen molar-refractivity contribution in [3.8, 4) is 0 Å². The number of nitrogens with two attached hydrogens (primary N) is 1. The molecule has 0 rings (SSSR count). The van der Waals surface area contributed by atoms with Crippen molar-refractivity contribution in [3.05, 3.63) is 0 Å². The first kappa shape index (κ1) is 8.73. The maximum atomic E-state index is 11.1. The molecule has 0 spiro atoms. The van der Waals surface area contributed by atoms with E-state index in [0.29, 0.717) is 0 Å². The van der Waals surface area contributed by atoms with Crippen LogP contribution in [-0.4, -0.2) is 21.5 Å². The summed E-state index contributed by atoms with van der Waals surface area (Å²) in [7, 11) is -4.20. The predicted molar refractivity (Wildman–Crippen MR) is 25.1 cm³/mol. The van der Waals surface area contributed by atoms with Crippen LogP contribution in [0, 0.1) is 0 Å². The smallest absolute Gasteiger partial charge is 0.252 e. The maximum Gasteiger partial charge on any atom is 0.333 e. The Balaban J connectivity index is 3.53. The minimum atomic E-state index is -4.20. The summed E-state index contributed by atoms with van der Waals surface area (Å²) in [6, 6.07) is 0. The lowest BCUT2D eigenvalue weighted by atomic mass is 10.8. The van der Waals surface area contributed by atoms with Gasteiger partial charge in [0.15, 0.2) is 0 Å². The van der Waals surface area contributed by atoms with E-state index in [1.807, 2.05) is 0 Å². The summed E-state index contributed by atoms with van der Waals surface area (Å²) in [4.78, 5) is 0. The molecular weight excluding hydrogens is 156 g/mol. The van der Waals surface area contributed by atoms with Gasteiger partial charge >= 0.3 is 10.3 Å². The second kappa shape index (κ2) is 3.04. The lowest BCUT2D eigenvalue weighted by Crippen LogP contribution is -2.19. The van der Waals surface area contributed by atoms with Gasteiger partial charge in [0, 0.05) is 0 Å². The number of halogens is 2. The molecule has 4 nitrogen and oxygen atoms in total. The van der Waals surface area contributed by atoms with Crippen molar-refractivity contribution in [1.29, 1.82) is 0 Å². The zero-order valence-electron chi connectivity index (χ0n) is 4.25. The van der Waals surface area contributed by atoms with E-state index >= 15 is 0 Å². The summed E-state index contributed by atoms with van der Waals surface area (Å²) in [6.45, 7) is -1.18. The summed E-state index contributed by atoms with van der Waals surface area (Å²) < 4.78 is 45.2. The molecule has 0 aliphatic rings. The van der Waals surface area contributed by atoms with Crippen LogP contribution in [-0.2, 0) is 14.5 Å². The van der Waals surface area contributed by atoms with Crippen molar-refractivity contribution in [2.24, 2.45) is 5.14 Å². The molecule has 0 aliphatic heterocycles. The molecule has 0 aliphatic carbocycles. The standard InChI is InChI=1S/C2H5F2NO3S/c3-2(4)1-8-9(5,6)7/h2H,1H2,(H2,5,6,7). The van der Waals surface area contributed by atoms with Crippen LogP contribution in [0.25, 0.3) is 0 Å². The van der Waals surface area contributed by atoms with Crippen LogP contribution in [0.5, 0.6) is 0 Å². The van der Waals surface area contributed by atoms with E-state index in [1.165, 1.54) is 0 Å². The molecule has 0 atom stereocenters. The van der Waals surface area contributed by atoms with E-state index in [-0.39, 0.29) is 0 Å². The molecule has 56 valence electrons. The topological polar surface area (TPSA) is 69.4 Å². The van der Waals surface area contributed by atoms with Crippen LogP contribution < -0.4 is 5.14 Å². The zero-order valence-corrected chi connectivity index (χ0v) is 5.07. The van der Waals surface area contributed by atoms with Crippen LogP contribution >= 0.6 is 0 Å². The fourth-order valence-electron chi connectivity index (χ4n) is 0.146. The first-order chi connectivity index (χ1) is 3.92. The second-order valence-electron chi connectivity index (χ2n) is 1.17. The number of hydrogen-bond acceptors (Lipinski definition) is 3. The number of rotatable bonds is 3. The Kier molecular flexibility index (Phi) is 2.95. The zero-order chi connectivity index (χ0) is 7.49. The largest absolute Gasteiger partial charge is 0.333 e. The summed E-state index contributed by atoms with van der Waals surface area (Å²) in [6.07, 6.45) is -2.82. The van der Waals surface area contributed by atoms with Crippen LogP contribution in [0.4, 0.5) is 8.78 Å². The van der Waals surface area contributed by atoms with Crippen LogP contribution in [0.1, 0.15) is 0 Å². The average Bonchev–Trinajstić information content (AvgIpc) is 1.59. The molecule has 0 saturated heterocycles. The van der Waals surface area contributed by atoms with Crippen molar-refractivity contribution in [3.63, 3.8) is 0 Å². The fraction of sp³-hybridized carbons (Fsp3) is 1.00. The predicted octanol–water partition coefficient (Wildman–Crippen LogP) is -0.528. The van der Waals surface area contributed by atoms with Crippen molar-refractivity contribution in [1.82, 2.24) is 0 Å². The molecule has 0 bridgehead atoms. The summed E-state index contributed by atoms with van der Waals surface area (Å²) >= 11 is 0. The Morgan fingerprint density at radius 1 is 1.56 bits per heavy atom.